The fraction of sp³-hybridized carbons (Fsp3) is 0.167. The van der Waals surface area contributed by atoms with Crippen LogP contribution in [0.1, 0.15) is 29.2 Å². The number of anilines is 1. The maximum Gasteiger partial charge on any atom is 0.226 e. The summed E-state index contributed by atoms with van der Waals surface area (Å²) in [6.07, 6.45) is 2.73. The van der Waals surface area contributed by atoms with Crippen molar-refractivity contribution in [1.82, 2.24) is 29.7 Å². The number of amides is 1. The van der Waals surface area contributed by atoms with Crippen molar-refractivity contribution >= 4 is 22.9 Å². The fourth-order valence-electron chi connectivity index (χ4n) is 3.70. The molecule has 1 aromatic carbocycles. The van der Waals surface area contributed by atoms with Crippen molar-refractivity contribution in [3.63, 3.8) is 0 Å². The van der Waals surface area contributed by atoms with Crippen LogP contribution in [0.2, 0.25) is 0 Å². The summed E-state index contributed by atoms with van der Waals surface area (Å²) >= 11 is 0. The number of imidazole rings is 1. The van der Waals surface area contributed by atoms with Gasteiger partial charge in [-0.2, -0.15) is 9.78 Å². The van der Waals surface area contributed by atoms with Crippen LogP contribution in [0.25, 0.3) is 17.0 Å². The van der Waals surface area contributed by atoms with Gasteiger partial charge in [-0.05, 0) is 19.1 Å². The van der Waals surface area contributed by atoms with Crippen molar-refractivity contribution in [1.29, 1.82) is 0 Å². The lowest BCUT2D eigenvalue weighted by molar-refractivity contribution is -0.116. The Labute approximate surface area is 156 Å². The Balaban J connectivity index is 1.76. The summed E-state index contributed by atoms with van der Waals surface area (Å²) in [7, 11) is 0. The Morgan fingerprint density at radius 1 is 1.14 bits per heavy atom. The zero-order chi connectivity index (χ0) is 19.4. The predicted octanol–water partition coefficient (Wildman–Crippen LogP) is 2.60. The Kier molecular flexibility index (Phi) is 3.48. The molecule has 0 radical (unpaired) electrons. The summed E-state index contributed by atoms with van der Waals surface area (Å²) in [5.41, 5.74) is 1.91. The first-order valence-corrected chi connectivity index (χ1v) is 8.52. The lowest BCUT2D eigenvalue weighted by Crippen LogP contribution is -2.26. The number of aromatic amines is 1. The average molecular weight is 381 g/mol. The summed E-state index contributed by atoms with van der Waals surface area (Å²) in [6, 6.07) is 3.66. The molecular formula is C18H13F2N7O. The van der Waals surface area contributed by atoms with E-state index in [-0.39, 0.29) is 17.9 Å². The Hall–Kier alpha value is -3.69. The van der Waals surface area contributed by atoms with Crippen LogP contribution in [-0.2, 0) is 4.79 Å². The molecule has 1 aliphatic rings. The molecule has 0 spiro atoms. The molecule has 0 aliphatic carbocycles. The average Bonchev–Trinajstić information content (AvgIpc) is 3.26. The third kappa shape index (κ3) is 2.30. The lowest BCUT2D eigenvalue weighted by Gasteiger charge is -2.24. The molecule has 1 atom stereocenters. The Bertz CT molecular complexity index is 1230. The Morgan fingerprint density at radius 3 is 2.71 bits per heavy atom. The van der Waals surface area contributed by atoms with Crippen molar-refractivity contribution in [2.75, 3.05) is 5.32 Å². The monoisotopic (exact) mass is 381 g/mol. The first-order chi connectivity index (χ1) is 13.5. The van der Waals surface area contributed by atoms with Gasteiger partial charge in [0.05, 0.1) is 12.0 Å². The van der Waals surface area contributed by atoms with Crippen LogP contribution >= 0.6 is 0 Å². The summed E-state index contributed by atoms with van der Waals surface area (Å²) in [5.74, 6) is -1.85. The van der Waals surface area contributed by atoms with E-state index in [0.29, 0.717) is 34.1 Å². The van der Waals surface area contributed by atoms with Crippen molar-refractivity contribution < 1.29 is 13.6 Å². The Morgan fingerprint density at radius 2 is 1.93 bits per heavy atom. The number of nitrogens with one attached hydrogen (secondary N) is 2. The summed E-state index contributed by atoms with van der Waals surface area (Å²) in [4.78, 5) is 27.7. The van der Waals surface area contributed by atoms with Crippen LogP contribution in [0.15, 0.2) is 30.9 Å². The minimum Gasteiger partial charge on any atom is -0.340 e. The molecule has 4 aromatic rings. The van der Waals surface area contributed by atoms with E-state index in [2.05, 4.69) is 30.4 Å². The molecule has 140 valence electrons. The number of carbonyl (C=O) groups excluding carboxylic acids is 1. The van der Waals surface area contributed by atoms with Gasteiger partial charge in [0, 0.05) is 23.5 Å². The van der Waals surface area contributed by atoms with E-state index in [1.807, 2.05) is 0 Å². The standard InChI is InChI=1S/C18H13F2N7O/c1-8-13-9(14-10(19)3-2-4-11(14)20)5-12(28)25-17(13)27(26-8)18-15-16(22-6-21-15)23-7-24-18/h2-4,6-7,9H,5H2,1H3,(H,25,28)(H,21,22,23,24). The van der Waals surface area contributed by atoms with E-state index >= 15 is 0 Å². The van der Waals surface area contributed by atoms with Gasteiger partial charge < -0.3 is 10.3 Å². The zero-order valence-electron chi connectivity index (χ0n) is 14.6. The molecule has 3 aromatic heterocycles. The third-order valence-corrected chi connectivity index (χ3v) is 4.85. The first kappa shape index (κ1) is 16.5. The summed E-state index contributed by atoms with van der Waals surface area (Å²) in [6.45, 7) is 1.73. The number of benzene rings is 1. The molecule has 10 heteroatoms. The van der Waals surface area contributed by atoms with Crippen molar-refractivity contribution in [3.8, 4) is 5.82 Å². The van der Waals surface area contributed by atoms with Crippen LogP contribution in [0.4, 0.5) is 14.6 Å². The topological polar surface area (TPSA) is 101 Å². The largest absolute Gasteiger partial charge is 0.340 e. The SMILES string of the molecule is Cc1nn(-c2ncnc3nc[nH]c23)c2c1C(c1c(F)cccc1F)CC(=O)N2. The van der Waals surface area contributed by atoms with Gasteiger partial charge in [-0.25, -0.2) is 23.7 Å². The van der Waals surface area contributed by atoms with Crippen LogP contribution in [0.5, 0.6) is 0 Å². The number of hydrogen-bond acceptors (Lipinski definition) is 5. The number of aryl methyl sites for hydroxylation is 1. The quantitative estimate of drug-likeness (QED) is 0.556. The molecule has 0 fully saturated rings. The van der Waals surface area contributed by atoms with E-state index in [1.54, 1.807) is 6.92 Å². The van der Waals surface area contributed by atoms with E-state index in [4.69, 9.17) is 0 Å². The number of H-pyrrole nitrogens is 1. The van der Waals surface area contributed by atoms with Crippen LogP contribution in [0, 0.1) is 18.6 Å². The maximum absolute atomic E-state index is 14.5. The predicted molar refractivity (Wildman–Crippen MR) is 95.0 cm³/mol. The molecule has 1 amide bonds. The third-order valence-electron chi connectivity index (χ3n) is 4.85. The molecule has 1 aliphatic heterocycles. The first-order valence-electron chi connectivity index (χ1n) is 8.52. The number of halogens is 2. The molecule has 0 saturated carbocycles. The second kappa shape index (κ2) is 5.91. The number of aromatic nitrogens is 6. The van der Waals surface area contributed by atoms with Gasteiger partial charge in [0.15, 0.2) is 11.5 Å². The molecule has 5 rings (SSSR count). The van der Waals surface area contributed by atoms with Gasteiger partial charge in [-0.1, -0.05) is 6.07 Å². The van der Waals surface area contributed by atoms with Gasteiger partial charge in [-0.15, -0.1) is 0 Å². The molecule has 8 nitrogen and oxygen atoms in total. The minimum absolute atomic E-state index is 0.0827. The molecule has 0 bridgehead atoms. The van der Waals surface area contributed by atoms with Crippen molar-refractivity contribution in [2.24, 2.45) is 0 Å². The number of hydrogen-bond donors (Lipinski definition) is 2. The summed E-state index contributed by atoms with van der Waals surface area (Å²) in [5, 5.41) is 7.25. The highest BCUT2D eigenvalue weighted by Gasteiger charge is 2.36. The number of nitrogens with zero attached hydrogens (tertiary/aromatic N) is 5. The van der Waals surface area contributed by atoms with Crippen LogP contribution in [0.3, 0.4) is 0 Å². The highest BCUT2D eigenvalue weighted by atomic mass is 19.1. The van der Waals surface area contributed by atoms with E-state index in [1.165, 1.54) is 35.5 Å². The van der Waals surface area contributed by atoms with Gasteiger partial charge >= 0.3 is 0 Å². The molecule has 4 heterocycles. The van der Waals surface area contributed by atoms with Gasteiger partial charge in [0.25, 0.3) is 0 Å². The molecule has 28 heavy (non-hydrogen) atoms. The van der Waals surface area contributed by atoms with Gasteiger partial charge in [-0.3, -0.25) is 4.79 Å². The molecular weight excluding hydrogens is 368 g/mol. The molecule has 2 N–H and O–H groups in total. The van der Waals surface area contributed by atoms with Crippen LogP contribution < -0.4 is 5.32 Å². The second-order valence-electron chi connectivity index (χ2n) is 6.50. The molecule has 0 saturated heterocycles. The van der Waals surface area contributed by atoms with Crippen molar-refractivity contribution in [3.05, 3.63) is 59.3 Å². The van der Waals surface area contributed by atoms with Crippen LogP contribution in [-0.4, -0.2) is 35.6 Å². The van der Waals surface area contributed by atoms with E-state index in [0.717, 1.165) is 0 Å². The maximum atomic E-state index is 14.5. The highest BCUT2D eigenvalue weighted by molar-refractivity contribution is 5.95. The zero-order valence-corrected chi connectivity index (χ0v) is 14.6. The second-order valence-corrected chi connectivity index (χ2v) is 6.50. The minimum atomic E-state index is -0.794. The number of fused-ring (bicyclic) bond motifs is 2. The summed E-state index contributed by atoms with van der Waals surface area (Å²) < 4.78 is 30.3. The smallest absolute Gasteiger partial charge is 0.226 e. The fourth-order valence-corrected chi connectivity index (χ4v) is 3.70. The molecule has 1 unspecified atom stereocenters. The number of carbonyl (C=O) groups is 1. The van der Waals surface area contributed by atoms with E-state index < -0.39 is 17.6 Å². The van der Waals surface area contributed by atoms with E-state index in [9.17, 15) is 13.6 Å². The highest BCUT2D eigenvalue weighted by Crippen LogP contribution is 2.42. The van der Waals surface area contributed by atoms with Gasteiger partial charge in [0.2, 0.25) is 5.91 Å². The van der Waals surface area contributed by atoms with Crippen molar-refractivity contribution in [2.45, 2.75) is 19.3 Å². The number of rotatable bonds is 2. The van der Waals surface area contributed by atoms with Gasteiger partial charge in [0.1, 0.15) is 29.3 Å². The normalized spacial score (nSPS) is 16.2. The lowest BCUT2D eigenvalue weighted by atomic mass is 9.85.